The molecular formula is C21H20ClN3O3. The number of rotatable bonds is 4. The van der Waals surface area contributed by atoms with Gasteiger partial charge in [-0.1, -0.05) is 29.8 Å². The van der Waals surface area contributed by atoms with E-state index in [2.05, 4.69) is 9.47 Å². The number of nitro groups is 1. The third-order valence-electron chi connectivity index (χ3n) is 5.20. The number of phenolic OH excluding ortho intramolecular Hbond substituents is 1. The van der Waals surface area contributed by atoms with E-state index in [1.807, 2.05) is 30.5 Å². The molecule has 0 radical (unpaired) electrons. The number of aromatic nitrogens is 1. The van der Waals surface area contributed by atoms with Crippen LogP contribution < -0.4 is 0 Å². The van der Waals surface area contributed by atoms with Gasteiger partial charge in [-0.05, 0) is 36.8 Å². The monoisotopic (exact) mass is 397 g/mol. The summed E-state index contributed by atoms with van der Waals surface area (Å²) in [6.45, 7) is 2.02. The van der Waals surface area contributed by atoms with E-state index in [1.165, 1.54) is 0 Å². The lowest BCUT2D eigenvalue weighted by Crippen LogP contribution is -2.30. The van der Waals surface area contributed by atoms with E-state index in [4.69, 9.17) is 11.6 Å². The van der Waals surface area contributed by atoms with Crippen LogP contribution in [0.4, 0.5) is 5.69 Å². The molecule has 0 unspecified atom stereocenters. The van der Waals surface area contributed by atoms with Gasteiger partial charge in [0.25, 0.3) is 5.69 Å². The Morgan fingerprint density at radius 3 is 2.79 bits per heavy atom. The number of nitro benzene ring substituents is 1. The molecule has 0 amide bonds. The second-order valence-electron chi connectivity index (χ2n) is 6.94. The van der Waals surface area contributed by atoms with E-state index in [1.54, 1.807) is 30.3 Å². The highest BCUT2D eigenvalue weighted by atomic mass is 35.5. The molecule has 144 valence electrons. The number of aryl methyl sites for hydroxylation is 1. The lowest BCUT2D eigenvalue weighted by Gasteiger charge is -2.30. The number of benzene rings is 2. The Kier molecular flexibility index (Phi) is 5.07. The first-order valence-electron chi connectivity index (χ1n) is 9.14. The Morgan fingerprint density at radius 1 is 1.14 bits per heavy atom. The molecule has 1 aromatic heterocycles. The standard InChI is InChI=1S/C21H20ClN3O3/c22-16-8-9-20(26)15(13-16)14-24-12-4-11-23-10-3-7-19(23)21(24)17-5-1-2-6-18(17)25(27)28/h1-3,5-10,13,21,26H,4,11-12,14H2/t21-/m1/s1. The van der Waals surface area contributed by atoms with Crippen LogP contribution in [0.5, 0.6) is 5.75 Å². The van der Waals surface area contributed by atoms with Crippen molar-refractivity contribution >= 4 is 17.3 Å². The zero-order valence-corrected chi connectivity index (χ0v) is 15.9. The SMILES string of the molecule is O=[N+]([O-])c1ccccc1[C@@H]1c2cccn2CCCN1Cc1cc(Cl)ccc1O. The highest BCUT2D eigenvalue weighted by Gasteiger charge is 2.32. The Bertz CT molecular complexity index is 1020. The first kappa shape index (κ1) is 18.5. The van der Waals surface area contributed by atoms with Crippen LogP contribution in [0.3, 0.4) is 0 Å². The number of fused-ring (bicyclic) bond motifs is 1. The van der Waals surface area contributed by atoms with Crippen molar-refractivity contribution in [3.05, 3.63) is 92.8 Å². The van der Waals surface area contributed by atoms with E-state index in [-0.39, 0.29) is 22.4 Å². The molecule has 0 bridgehead atoms. The van der Waals surface area contributed by atoms with Gasteiger partial charge in [0, 0.05) is 48.2 Å². The fourth-order valence-electron chi connectivity index (χ4n) is 3.95. The highest BCUT2D eigenvalue weighted by molar-refractivity contribution is 6.30. The van der Waals surface area contributed by atoms with Gasteiger partial charge in [-0.3, -0.25) is 15.0 Å². The Labute approximate surface area is 167 Å². The summed E-state index contributed by atoms with van der Waals surface area (Å²) in [5, 5.41) is 22.5. The molecule has 28 heavy (non-hydrogen) atoms. The maximum absolute atomic E-state index is 11.7. The van der Waals surface area contributed by atoms with Crippen LogP contribution in [-0.2, 0) is 13.1 Å². The minimum absolute atomic E-state index is 0.0995. The molecule has 1 N–H and O–H groups in total. The molecule has 1 aliphatic rings. The van der Waals surface area contributed by atoms with Gasteiger partial charge in [0.2, 0.25) is 0 Å². The quantitative estimate of drug-likeness (QED) is 0.509. The van der Waals surface area contributed by atoms with Gasteiger partial charge in [0.05, 0.1) is 16.5 Å². The molecule has 0 fully saturated rings. The number of para-hydroxylation sites is 1. The lowest BCUT2D eigenvalue weighted by atomic mass is 9.99. The molecule has 4 rings (SSSR count). The Morgan fingerprint density at radius 2 is 1.96 bits per heavy atom. The van der Waals surface area contributed by atoms with Crippen molar-refractivity contribution in [2.75, 3.05) is 6.54 Å². The first-order valence-corrected chi connectivity index (χ1v) is 9.52. The average Bonchev–Trinajstić information content (AvgIpc) is 3.06. The maximum Gasteiger partial charge on any atom is 0.274 e. The van der Waals surface area contributed by atoms with Crippen molar-refractivity contribution in [1.29, 1.82) is 0 Å². The molecule has 0 saturated heterocycles. The van der Waals surface area contributed by atoms with Crippen LogP contribution in [-0.4, -0.2) is 26.0 Å². The largest absolute Gasteiger partial charge is 0.508 e. The summed E-state index contributed by atoms with van der Waals surface area (Å²) in [6.07, 6.45) is 2.91. The van der Waals surface area contributed by atoms with Crippen molar-refractivity contribution < 1.29 is 10.0 Å². The minimum atomic E-state index is -0.331. The van der Waals surface area contributed by atoms with Crippen molar-refractivity contribution in [2.45, 2.75) is 25.6 Å². The molecule has 2 aromatic carbocycles. The van der Waals surface area contributed by atoms with Crippen LogP contribution in [0.25, 0.3) is 0 Å². The van der Waals surface area contributed by atoms with E-state index < -0.39 is 0 Å². The number of aromatic hydroxyl groups is 1. The average molecular weight is 398 g/mol. The minimum Gasteiger partial charge on any atom is -0.508 e. The van der Waals surface area contributed by atoms with Crippen molar-refractivity contribution in [3.8, 4) is 5.75 Å². The maximum atomic E-state index is 11.7. The van der Waals surface area contributed by atoms with Crippen molar-refractivity contribution in [2.24, 2.45) is 0 Å². The number of halogens is 1. The predicted octanol–water partition coefficient (Wildman–Crippen LogP) is 4.75. The van der Waals surface area contributed by atoms with Gasteiger partial charge in [-0.2, -0.15) is 0 Å². The smallest absolute Gasteiger partial charge is 0.274 e. The fourth-order valence-corrected chi connectivity index (χ4v) is 4.15. The summed E-state index contributed by atoms with van der Waals surface area (Å²) in [7, 11) is 0. The molecule has 1 aliphatic heterocycles. The van der Waals surface area contributed by atoms with Crippen LogP contribution in [0.1, 0.15) is 29.3 Å². The zero-order chi connectivity index (χ0) is 19.7. The summed E-state index contributed by atoms with van der Waals surface area (Å²) in [5.74, 6) is 0.172. The molecule has 3 aromatic rings. The van der Waals surface area contributed by atoms with E-state index >= 15 is 0 Å². The molecule has 2 heterocycles. The normalized spacial score (nSPS) is 17.1. The third kappa shape index (κ3) is 3.48. The molecule has 0 spiro atoms. The van der Waals surface area contributed by atoms with Gasteiger partial charge in [0.1, 0.15) is 5.75 Å². The van der Waals surface area contributed by atoms with E-state index in [0.717, 1.165) is 25.2 Å². The van der Waals surface area contributed by atoms with Gasteiger partial charge < -0.3 is 9.67 Å². The van der Waals surface area contributed by atoms with Crippen molar-refractivity contribution in [1.82, 2.24) is 9.47 Å². The van der Waals surface area contributed by atoms with Gasteiger partial charge >= 0.3 is 0 Å². The topological polar surface area (TPSA) is 71.5 Å². The molecule has 0 saturated carbocycles. The summed E-state index contributed by atoms with van der Waals surface area (Å²) >= 11 is 6.13. The third-order valence-corrected chi connectivity index (χ3v) is 5.43. The number of hydrogen-bond acceptors (Lipinski definition) is 4. The summed E-state index contributed by atoms with van der Waals surface area (Å²) in [6, 6.07) is 15.5. The van der Waals surface area contributed by atoms with Crippen LogP contribution in [0.15, 0.2) is 60.8 Å². The van der Waals surface area contributed by atoms with Crippen LogP contribution in [0.2, 0.25) is 5.02 Å². The Balaban J connectivity index is 1.83. The summed E-state index contributed by atoms with van der Waals surface area (Å²) in [4.78, 5) is 13.5. The van der Waals surface area contributed by atoms with Crippen LogP contribution >= 0.6 is 11.6 Å². The van der Waals surface area contributed by atoms with Gasteiger partial charge in [-0.15, -0.1) is 0 Å². The zero-order valence-electron chi connectivity index (χ0n) is 15.2. The fraction of sp³-hybridized carbons (Fsp3) is 0.238. The van der Waals surface area contributed by atoms with E-state index in [9.17, 15) is 15.2 Å². The van der Waals surface area contributed by atoms with E-state index in [0.29, 0.717) is 22.7 Å². The number of phenols is 1. The second kappa shape index (κ2) is 7.66. The van der Waals surface area contributed by atoms with Crippen molar-refractivity contribution in [3.63, 3.8) is 0 Å². The van der Waals surface area contributed by atoms with Crippen LogP contribution in [0, 0.1) is 10.1 Å². The predicted molar refractivity (Wildman–Crippen MR) is 108 cm³/mol. The Hall–Kier alpha value is -2.83. The van der Waals surface area contributed by atoms with Gasteiger partial charge in [0.15, 0.2) is 0 Å². The molecular weight excluding hydrogens is 378 g/mol. The first-order chi connectivity index (χ1) is 13.5. The van der Waals surface area contributed by atoms with Gasteiger partial charge in [-0.25, -0.2) is 0 Å². The highest BCUT2D eigenvalue weighted by Crippen LogP contribution is 2.38. The second-order valence-corrected chi connectivity index (χ2v) is 7.38. The molecule has 0 aliphatic carbocycles. The number of nitrogens with zero attached hydrogens (tertiary/aromatic N) is 3. The summed E-state index contributed by atoms with van der Waals surface area (Å²) in [5.41, 5.74) is 2.46. The summed E-state index contributed by atoms with van der Waals surface area (Å²) < 4.78 is 2.15. The number of hydrogen-bond donors (Lipinski definition) is 1. The molecule has 7 heteroatoms. The lowest BCUT2D eigenvalue weighted by molar-refractivity contribution is -0.385. The molecule has 6 nitrogen and oxygen atoms in total. The molecule has 1 atom stereocenters.